The van der Waals surface area contributed by atoms with Gasteiger partial charge in [-0.1, -0.05) is 19.1 Å². The van der Waals surface area contributed by atoms with Gasteiger partial charge in [-0.25, -0.2) is 9.97 Å². The van der Waals surface area contributed by atoms with Crippen molar-refractivity contribution in [3.8, 4) is 0 Å². The van der Waals surface area contributed by atoms with Crippen molar-refractivity contribution in [1.82, 2.24) is 9.97 Å². The van der Waals surface area contributed by atoms with Gasteiger partial charge in [-0.2, -0.15) is 0 Å². The van der Waals surface area contributed by atoms with Crippen LogP contribution in [0.4, 0.5) is 5.82 Å². The van der Waals surface area contributed by atoms with Crippen molar-refractivity contribution in [2.24, 2.45) is 5.92 Å². The number of nitrogens with zero attached hydrogens (tertiary/aromatic N) is 2. The Labute approximate surface area is 102 Å². The SMILES string of the molecule is CCc1cc(N[C@@H]2C=C[C@H](CO)C2)nc(C)n1. The molecule has 0 amide bonds. The Morgan fingerprint density at radius 2 is 2.24 bits per heavy atom. The maximum absolute atomic E-state index is 9.07. The molecule has 2 atom stereocenters. The smallest absolute Gasteiger partial charge is 0.130 e. The van der Waals surface area contributed by atoms with Crippen LogP contribution in [0.1, 0.15) is 24.9 Å². The molecule has 1 aromatic heterocycles. The Balaban J connectivity index is 2.04. The molecule has 2 N–H and O–H groups in total. The number of anilines is 1. The summed E-state index contributed by atoms with van der Waals surface area (Å²) in [6.45, 7) is 4.21. The van der Waals surface area contributed by atoms with Crippen LogP contribution < -0.4 is 5.32 Å². The molecule has 0 radical (unpaired) electrons. The lowest BCUT2D eigenvalue weighted by Gasteiger charge is -2.14. The molecular formula is C13H19N3O. The maximum atomic E-state index is 9.07. The summed E-state index contributed by atoms with van der Waals surface area (Å²) in [5.74, 6) is 1.95. The van der Waals surface area contributed by atoms with Crippen LogP contribution in [0.3, 0.4) is 0 Å². The highest BCUT2D eigenvalue weighted by molar-refractivity contribution is 5.39. The summed E-state index contributed by atoms with van der Waals surface area (Å²) in [5, 5.41) is 12.4. The summed E-state index contributed by atoms with van der Waals surface area (Å²) in [7, 11) is 0. The molecular weight excluding hydrogens is 214 g/mol. The predicted octanol–water partition coefficient (Wildman–Crippen LogP) is 1.70. The van der Waals surface area contributed by atoms with Crippen LogP contribution in [0, 0.1) is 12.8 Å². The van der Waals surface area contributed by atoms with E-state index in [1.54, 1.807) is 0 Å². The van der Waals surface area contributed by atoms with Gasteiger partial charge < -0.3 is 10.4 Å². The van der Waals surface area contributed by atoms with Gasteiger partial charge in [-0.3, -0.25) is 0 Å². The lowest BCUT2D eigenvalue weighted by molar-refractivity contribution is 0.250. The lowest BCUT2D eigenvalue weighted by atomic mass is 10.1. The van der Waals surface area contributed by atoms with E-state index in [9.17, 15) is 0 Å². The second-order valence-corrected chi connectivity index (χ2v) is 4.46. The molecule has 0 bridgehead atoms. The van der Waals surface area contributed by atoms with Crippen molar-refractivity contribution >= 4 is 5.82 Å². The predicted molar refractivity (Wildman–Crippen MR) is 67.9 cm³/mol. The molecule has 0 aliphatic heterocycles. The fourth-order valence-corrected chi connectivity index (χ4v) is 2.09. The van der Waals surface area contributed by atoms with E-state index in [0.717, 1.165) is 30.2 Å². The number of nitrogens with one attached hydrogen (secondary N) is 1. The summed E-state index contributed by atoms with van der Waals surface area (Å²) >= 11 is 0. The minimum Gasteiger partial charge on any atom is -0.396 e. The van der Waals surface area contributed by atoms with E-state index in [4.69, 9.17) is 5.11 Å². The van der Waals surface area contributed by atoms with Gasteiger partial charge in [0.2, 0.25) is 0 Å². The molecule has 0 saturated heterocycles. The van der Waals surface area contributed by atoms with Crippen LogP contribution in [-0.2, 0) is 6.42 Å². The Morgan fingerprint density at radius 3 is 2.88 bits per heavy atom. The quantitative estimate of drug-likeness (QED) is 0.777. The molecule has 1 aromatic rings. The van der Waals surface area contributed by atoms with E-state index in [1.165, 1.54) is 0 Å². The minimum absolute atomic E-state index is 0.220. The number of aliphatic hydroxyl groups is 1. The summed E-state index contributed by atoms with van der Waals surface area (Å²) in [6, 6.07) is 2.26. The molecule has 0 unspecified atom stereocenters. The molecule has 4 heteroatoms. The van der Waals surface area contributed by atoms with Gasteiger partial charge in [-0.05, 0) is 19.8 Å². The Morgan fingerprint density at radius 1 is 1.41 bits per heavy atom. The number of aromatic nitrogens is 2. The molecule has 1 aliphatic rings. The van der Waals surface area contributed by atoms with Crippen molar-refractivity contribution in [1.29, 1.82) is 0 Å². The third-order valence-electron chi connectivity index (χ3n) is 2.99. The average Bonchev–Trinajstić information content (AvgIpc) is 2.76. The van der Waals surface area contributed by atoms with Gasteiger partial charge in [0.15, 0.2) is 0 Å². The van der Waals surface area contributed by atoms with Gasteiger partial charge in [0.05, 0.1) is 0 Å². The van der Waals surface area contributed by atoms with E-state index < -0.39 is 0 Å². The Bertz CT molecular complexity index is 417. The van der Waals surface area contributed by atoms with Crippen LogP contribution in [0.2, 0.25) is 0 Å². The number of hydrogen-bond acceptors (Lipinski definition) is 4. The summed E-state index contributed by atoms with van der Waals surface area (Å²) in [5.41, 5.74) is 1.06. The summed E-state index contributed by atoms with van der Waals surface area (Å²) in [4.78, 5) is 8.73. The Kier molecular flexibility index (Phi) is 3.74. The fraction of sp³-hybridized carbons (Fsp3) is 0.538. The van der Waals surface area contributed by atoms with E-state index in [-0.39, 0.29) is 18.6 Å². The van der Waals surface area contributed by atoms with Gasteiger partial charge >= 0.3 is 0 Å². The first-order chi connectivity index (χ1) is 8.21. The van der Waals surface area contributed by atoms with E-state index in [1.807, 2.05) is 13.0 Å². The monoisotopic (exact) mass is 233 g/mol. The van der Waals surface area contributed by atoms with Crippen molar-refractivity contribution in [3.05, 3.63) is 29.7 Å². The van der Waals surface area contributed by atoms with Crippen molar-refractivity contribution in [3.63, 3.8) is 0 Å². The molecule has 4 nitrogen and oxygen atoms in total. The highest BCUT2D eigenvalue weighted by Gasteiger charge is 2.18. The average molecular weight is 233 g/mol. The van der Waals surface area contributed by atoms with Crippen LogP contribution in [0.5, 0.6) is 0 Å². The van der Waals surface area contributed by atoms with E-state index >= 15 is 0 Å². The highest BCUT2D eigenvalue weighted by atomic mass is 16.3. The van der Waals surface area contributed by atoms with Crippen molar-refractivity contribution in [2.75, 3.05) is 11.9 Å². The van der Waals surface area contributed by atoms with Gasteiger partial charge in [0.1, 0.15) is 11.6 Å². The van der Waals surface area contributed by atoms with Crippen molar-refractivity contribution < 1.29 is 5.11 Å². The summed E-state index contributed by atoms with van der Waals surface area (Å²) < 4.78 is 0. The lowest BCUT2D eigenvalue weighted by Crippen LogP contribution is -2.18. The van der Waals surface area contributed by atoms with Crippen molar-refractivity contribution in [2.45, 2.75) is 32.7 Å². The highest BCUT2D eigenvalue weighted by Crippen LogP contribution is 2.20. The molecule has 1 heterocycles. The molecule has 2 rings (SSSR count). The third kappa shape index (κ3) is 3.03. The maximum Gasteiger partial charge on any atom is 0.130 e. The first-order valence-electron chi connectivity index (χ1n) is 6.11. The molecule has 92 valence electrons. The fourth-order valence-electron chi connectivity index (χ4n) is 2.09. The first kappa shape index (κ1) is 12.0. The summed E-state index contributed by atoms with van der Waals surface area (Å²) in [6.07, 6.45) is 6.01. The zero-order valence-electron chi connectivity index (χ0n) is 10.3. The number of aliphatic hydroxyl groups excluding tert-OH is 1. The van der Waals surface area contributed by atoms with Crippen LogP contribution >= 0.6 is 0 Å². The second-order valence-electron chi connectivity index (χ2n) is 4.46. The second kappa shape index (κ2) is 5.27. The van der Waals surface area contributed by atoms with E-state index in [2.05, 4.69) is 34.4 Å². The zero-order chi connectivity index (χ0) is 12.3. The molecule has 0 aromatic carbocycles. The van der Waals surface area contributed by atoms with Gasteiger partial charge in [0, 0.05) is 30.3 Å². The molecule has 17 heavy (non-hydrogen) atoms. The largest absolute Gasteiger partial charge is 0.396 e. The normalized spacial score (nSPS) is 23.0. The number of hydrogen-bond donors (Lipinski definition) is 2. The molecule has 0 spiro atoms. The molecule has 0 fully saturated rings. The van der Waals surface area contributed by atoms with Gasteiger partial charge in [0.25, 0.3) is 0 Å². The minimum atomic E-state index is 0.220. The topological polar surface area (TPSA) is 58.0 Å². The van der Waals surface area contributed by atoms with Crippen LogP contribution in [0.15, 0.2) is 18.2 Å². The molecule has 1 aliphatic carbocycles. The van der Waals surface area contributed by atoms with Crippen LogP contribution in [0.25, 0.3) is 0 Å². The first-order valence-corrected chi connectivity index (χ1v) is 6.11. The Hall–Kier alpha value is -1.42. The van der Waals surface area contributed by atoms with E-state index in [0.29, 0.717) is 0 Å². The zero-order valence-corrected chi connectivity index (χ0v) is 10.3. The molecule has 0 saturated carbocycles. The van der Waals surface area contributed by atoms with Gasteiger partial charge in [-0.15, -0.1) is 0 Å². The third-order valence-corrected chi connectivity index (χ3v) is 2.99. The van der Waals surface area contributed by atoms with Crippen LogP contribution in [-0.4, -0.2) is 27.7 Å². The standard InChI is InChI=1S/C13H19N3O/c1-3-11-7-13(15-9(2)14-11)16-12-5-4-10(6-12)8-17/h4-5,7,10,12,17H,3,6,8H2,1-2H3,(H,14,15,16)/t10-,12+/m0/s1. The number of rotatable bonds is 4. The number of aryl methyl sites for hydroxylation is 2.